The molecule has 0 aliphatic rings. The molecule has 0 saturated heterocycles. The summed E-state index contributed by atoms with van der Waals surface area (Å²) in [6, 6.07) is 14.5. The first-order chi connectivity index (χ1) is 7.38. The summed E-state index contributed by atoms with van der Waals surface area (Å²) in [5, 5.41) is 0. The molecule has 1 aromatic carbocycles. The smallest absolute Gasteiger partial charge is 0.0542 e. The molecule has 15 heavy (non-hydrogen) atoms. The number of benzene rings is 1. The second kappa shape index (κ2) is 4.71. The van der Waals surface area contributed by atoms with Gasteiger partial charge in [-0.2, -0.15) is 0 Å². The molecule has 0 aliphatic carbocycles. The zero-order valence-corrected chi connectivity index (χ0v) is 8.56. The first-order valence-corrected chi connectivity index (χ1v) is 5.06. The van der Waals surface area contributed by atoms with Gasteiger partial charge in [0.15, 0.2) is 0 Å². The molecule has 0 fully saturated rings. The van der Waals surface area contributed by atoms with E-state index in [0.717, 1.165) is 12.1 Å². The van der Waals surface area contributed by atoms with Gasteiger partial charge in [0.1, 0.15) is 0 Å². The van der Waals surface area contributed by atoms with Crippen LogP contribution < -0.4 is 5.73 Å². The number of rotatable bonds is 3. The summed E-state index contributed by atoms with van der Waals surface area (Å²) in [5.41, 5.74) is 9.07. The predicted molar refractivity (Wildman–Crippen MR) is 61.4 cm³/mol. The van der Waals surface area contributed by atoms with Crippen LogP contribution in [-0.2, 0) is 13.0 Å². The molecule has 0 amide bonds. The minimum absolute atomic E-state index is 0.503. The van der Waals surface area contributed by atoms with Gasteiger partial charge in [0, 0.05) is 12.7 Å². The minimum Gasteiger partial charge on any atom is -0.325 e. The Kier molecular flexibility index (Phi) is 3.10. The average Bonchev–Trinajstić information content (AvgIpc) is 2.31. The molecule has 0 unspecified atom stereocenters. The molecule has 2 rings (SSSR count). The molecule has 0 bridgehead atoms. The Bertz CT molecular complexity index is 424. The zero-order valence-electron chi connectivity index (χ0n) is 8.56. The maximum absolute atomic E-state index is 5.55. The van der Waals surface area contributed by atoms with E-state index in [4.69, 9.17) is 5.73 Å². The van der Waals surface area contributed by atoms with E-state index in [1.165, 1.54) is 11.1 Å². The number of nitrogens with two attached hydrogens (primary N) is 1. The number of hydrogen-bond donors (Lipinski definition) is 1. The van der Waals surface area contributed by atoms with E-state index in [1.807, 2.05) is 18.3 Å². The van der Waals surface area contributed by atoms with Crippen LogP contribution in [0.1, 0.15) is 16.8 Å². The molecule has 2 nitrogen and oxygen atoms in total. The molecule has 0 radical (unpaired) electrons. The van der Waals surface area contributed by atoms with Crippen molar-refractivity contribution >= 4 is 0 Å². The molecule has 76 valence electrons. The van der Waals surface area contributed by atoms with Crippen LogP contribution in [-0.4, -0.2) is 4.98 Å². The SMILES string of the molecule is NCc1cc(Cc2ccccc2)ccn1. The van der Waals surface area contributed by atoms with Crippen molar-refractivity contribution in [3.63, 3.8) is 0 Å². The Labute approximate surface area is 89.8 Å². The van der Waals surface area contributed by atoms with Gasteiger partial charge in [0.2, 0.25) is 0 Å². The number of pyridine rings is 1. The molecular formula is C13H14N2. The highest BCUT2D eigenvalue weighted by Gasteiger charge is 1.97. The van der Waals surface area contributed by atoms with Crippen molar-refractivity contribution < 1.29 is 0 Å². The van der Waals surface area contributed by atoms with Crippen molar-refractivity contribution in [2.45, 2.75) is 13.0 Å². The Morgan fingerprint density at radius 2 is 1.80 bits per heavy atom. The zero-order chi connectivity index (χ0) is 10.5. The summed E-state index contributed by atoms with van der Waals surface area (Å²) in [4.78, 5) is 4.17. The van der Waals surface area contributed by atoms with Crippen LogP contribution in [0, 0.1) is 0 Å². The van der Waals surface area contributed by atoms with E-state index in [1.54, 1.807) is 0 Å². The van der Waals surface area contributed by atoms with E-state index in [0.29, 0.717) is 6.54 Å². The molecule has 0 atom stereocenters. The Balaban J connectivity index is 2.17. The van der Waals surface area contributed by atoms with Crippen molar-refractivity contribution in [1.82, 2.24) is 4.98 Å². The third kappa shape index (κ3) is 2.64. The minimum atomic E-state index is 0.503. The van der Waals surface area contributed by atoms with Gasteiger partial charge in [-0.1, -0.05) is 30.3 Å². The lowest BCUT2D eigenvalue weighted by Gasteiger charge is -2.03. The highest BCUT2D eigenvalue weighted by molar-refractivity contribution is 5.26. The van der Waals surface area contributed by atoms with Crippen molar-refractivity contribution in [3.8, 4) is 0 Å². The second-order valence-electron chi connectivity index (χ2n) is 3.52. The lowest BCUT2D eigenvalue weighted by molar-refractivity contribution is 0.976. The van der Waals surface area contributed by atoms with Gasteiger partial charge in [-0.05, 0) is 29.7 Å². The standard InChI is InChI=1S/C13H14N2/c14-10-13-9-12(6-7-15-13)8-11-4-2-1-3-5-11/h1-7,9H,8,10,14H2. The van der Waals surface area contributed by atoms with E-state index in [-0.39, 0.29) is 0 Å². The van der Waals surface area contributed by atoms with Crippen molar-refractivity contribution in [2.75, 3.05) is 0 Å². The quantitative estimate of drug-likeness (QED) is 0.820. The molecule has 2 heteroatoms. The van der Waals surface area contributed by atoms with E-state index in [9.17, 15) is 0 Å². The summed E-state index contributed by atoms with van der Waals surface area (Å²) < 4.78 is 0. The second-order valence-corrected chi connectivity index (χ2v) is 3.52. The van der Waals surface area contributed by atoms with E-state index in [2.05, 4.69) is 35.3 Å². The van der Waals surface area contributed by atoms with Crippen molar-refractivity contribution in [3.05, 3.63) is 65.5 Å². The van der Waals surface area contributed by atoms with Gasteiger partial charge in [0.05, 0.1) is 5.69 Å². The van der Waals surface area contributed by atoms with Crippen LogP contribution in [0.2, 0.25) is 0 Å². The number of aromatic nitrogens is 1. The Morgan fingerprint density at radius 1 is 1.00 bits per heavy atom. The normalized spacial score (nSPS) is 10.2. The Morgan fingerprint density at radius 3 is 2.53 bits per heavy atom. The highest BCUT2D eigenvalue weighted by atomic mass is 14.7. The maximum Gasteiger partial charge on any atom is 0.0542 e. The fraction of sp³-hybridized carbons (Fsp3) is 0.154. The lowest BCUT2D eigenvalue weighted by Crippen LogP contribution is -2.00. The molecule has 0 aliphatic heterocycles. The van der Waals surface area contributed by atoms with Crippen LogP contribution in [0.3, 0.4) is 0 Å². The predicted octanol–water partition coefficient (Wildman–Crippen LogP) is 2.13. The van der Waals surface area contributed by atoms with Crippen LogP contribution in [0.5, 0.6) is 0 Å². The molecular weight excluding hydrogens is 184 g/mol. The van der Waals surface area contributed by atoms with Crippen LogP contribution in [0.4, 0.5) is 0 Å². The number of nitrogens with zero attached hydrogens (tertiary/aromatic N) is 1. The molecule has 1 heterocycles. The largest absolute Gasteiger partial charge is 0.325 e. The summed E-state index contributed by atoms with van der Waals surface area (Å²) in [6.45, 7) is 0.503. The van der Waals surface area contributed by atoms with Crippen LogP contribution >= 0.6 is 0 Å². The molecule has 1 aromatic heterocycles. The van der Waals surface area contributed by atoms with Gasteiger partial charge in [-0.3, -0.25) is 4.98 Å². The third-order valence-electron chi connectivity index (χ3n) is 2.34. The fourth-order valence-corrected chi connectivity index (χ4v) is 1.58. The molecule has 2 N–H and O–H groups in total. The molecule has 2 aromatic rings. The van der Waals surface area contributed by atoms with Gasteiger partial charge in [-0.25, -0.2) is 0 Å². The lowest BCUT2D eigenvalue weighted by atomic mass is 10.1. The molecule has 0 saturated carbocycles. The summed E-state index contributed by atoms with van der Waals surface area (Å²) in [7, 11) is 0. The van der Waals surface area contributed by atoms with Gasteiger partial charge < -0.3 is 5.73 Å². The highest BCUT2D eigenvalue weighted by Crippen LogP contribution is 2.09. The summed E-state index contributed by atoms with van der Waals surface area (Å²) in [5.74, 6) is 0. The fourth-order valence-electron chi connectivity index (χ4n) is 1.58. The van der Waals surface area contributed by atoms with E-state index < -0.39 is 0 Å². The number of hydrogen-bond acceptors (Lipinski definition) is 2. The van der Waals surface area contributed by atoms with Crippen LogP contribution in [0.15, 0.2) is 48.7 Å². The van der Waals surface area contributed by atoms with Crippen molar-refractivity contribution in [1.29, 1.82) is 0 Å². The van der Waals surface area contributed by atoms with E-state index >= 15 is 0 Å². The summed E-state index contributed by atoms with van der Waals surface area (Å²) >= 11 is 0. The van der Waals surface area contributed by atoms with Crippen molar-refractivity contribution in [2.24, 2.45) is 5.73 Å². The van der Waals surface area contributed by atoms with Crippen LogP contribution in [0.25, 0.3) is 0 Å². The first kappa shape index (κ1) is 9.87. The Hall–Kier alpha value is -1.67. The third-order valence-corrected chi connectivity index (χ3v) is 2.34. The summed E-state index contributed by atoms with van der Waals surface area (Å²) in [6.07, 6.45) is 2.76. The first-order valence-electron chi connectivity index (χ1n) is 5.06. The maximum atomic E-state index is 5.55. The molecule has 0 spiro atoms. The van der Waals surface area contributed by atoms with Gasteiger partial charge in [0.25, 0.3) is 0 Å². The topological polar surface area (TPSA) is 38.9 Å². The van der Waals surface area contributed by atoms with Gasteiger partial charge in [-0.15, -0.1) is 0 Å². The monoisotopic (exact) mass is 198 g/mol. The van der Waals surface area contributed by atoms with Gasteiger partial charge >= 0.3 is 0 Å². The average molecular weight is 198 g/mol.